The third-order valence-corrected chi connectivity index (χ3v) is 6.28. The van der Waals surface area contributed by atoms with E-state index in [4.69, 9.17) is 4.74 Å². The lowest BCUT2D eigenvalue weighted by Gasteiger charge is -2.34. The smallest absolute Gasteiger partial charge is 0.254 e. The molecule has 1 aliphatic heterocycles. The second-order valence-electron chi connectivity index (χ2n) is 6.11. The van der Waals surface area contributed by atoms with E-state index in [-0.39, 0.29) is 37.0 Å². The van der Waals surface area contributed by atoms with Crippen LogP contribution in [0.2, 0.25) is 0 Å². The SMILES string of the molecule is CCOc1cccc(C(=O)N2CCN(S(=O)(=O)c3ccc(F)cc3)CC2)c1. The number of ether oxygens (including phenoxy) is 1. The number of hydrogen-bond donors (Lipinski definition) is 0. The summed E-state index contributed by atoms with van der Waals surface area (Å²) in [5.41, 5.74) is 0.510. The van der Waals surface area contributed by atoms with Crippen LogP contribution in [0.1, 0.15) is 17.3 Å². The van der Waals surface area contributed by atoms with Gasteiger partial charge in [0.2, 0.25) is 10.0 Å². The first-order valence-electron chi connectivity index (χ1n) is 8.69. The van der Waals surface area contributed by atoms with Gasteiger partial charge < -0.3 is 9.64 Å². The second-order valence-corrected chi connectivity index (χ2v) is 8.05. The summed E-state index contributed by atoms with van der Waals surface area (Å²) in [5, 5.41) is 0. The highest BCUT2D eigenvalue weighted by Gasteiger charge is 2.30. The molecule has 1 saturated heterocycles. The molecule has 0 N–H and O–H groups in total. The number of carbonyl (C=O) groups excluding carboxylic acids is 1. The number of carbonyl (C=O) groups is 1. The van der Waals surface area contributed by atoms with E-state index in [1.165, 1.54) is 16.4 Å². The molecule has 2 aromatic carbocycles. The van der Waals surface area contributed by atoms with Crippen LogP contribution in [0.5, 0.6) is 5.75 Å². The third-order valence-electron chi connectivity index (χ3n) is 4.37. The molecule has 6 nitrogen and oxygen atoms in total. The van der Waals surface area contributed by atoms with Crippen LogP contribution in [0.25, 0.3) is 0 Å². The van der Waals surface area contributed by atoms with Gasteiger partial charge in [0.05, 0.1) is 11.5 Å². The fourth-order valence-corrected chi connectivity index (χ4v) is 4.38. The Hall–Kier alpha value is -2.45. The number of piperazine rings is 1. The van der Waals surface area contributed by atoms with E-state index in [1.54, 1.807) is 29.2 Å². The van der Waals surface area contributed by atoms with Gasteiger partial charge in [-0.05, 0) is 49.4 Å². The highest BCUT2D eigenvalue weighted by Crippen LogP contribution is 2.20. The van der Waals surface area contributed by atoms with Crippen LogP contribution in [0, 0.1) is 5.82 Å². The molecule has 0 aliphatic carbocycles. The van der Waals surface area contributed by atoms with E-state index in [1.807, 2.05) is 6.92 Å². The van der Waals surface area contributed by atoms with Crippen molar-refractivity contribution in [2.45, 2.75) is 11.8 Å². The monoisotopic (exact) mass is 392 g/mol. The highest BCUT2D eigenvalue weighted by molar-refractivity contribution is 7.89. The summed E-state index contributed by atoms with van der Waals surface area (Å²) in [4.78, 5) is 14.4. The van der Waals surface area contributed by atoms with Crippen molar-refractivity contribution in [1.29, 1.82) is 0 Å². The highest BCUT2D eigenvalue weighted by atomic mass is 32.2. The molecule has 144 valence electrons. The molecule has 1 amide bonds. The zero-order chi connectivity index (χ0) is 19.4. The quantitative estimate of drug-likeness (QED) is 0.784. The minimum absolute atomic E-state index is 0.0492. The Kier molecular flexibility index (Phi) is 5.76. The first-order valence-corrected chi connectivity index (χ1v) is 10.1. The van der Waals surface area contributed by atoms with Crippen molar-refractivity contribution >= 4 is 15.9 Å². The molecule has 0 saturated carbocycles. The maximum Gasteiger partial charge on any atom is 0.254 e. The minimum atomic E-state index is -3.70. The van der Waals surface area contributed by atoms with Crippen LogP contribution >= 0.6 is 0 Å². The molecule has 0 atom stereocenters. The number of amides is 1. The van der Waals surface area contributed by atoms with Crippen molar-refractivity contribution in [2.75, 3.05) is 32.8 Å². The average molecular weight is 392 g/mol. The fraction of sp³-hybridized carbons (Fsp3) is 0.316. The van der Waals surface area contributed by atoms with Crippen LogP contribution in [-0.2, 0) is 10.0 Å². The predicted octanol–water partition coefficient (Wildman–Crippen LogP) is 2.37. The molecule has 0 radical (unpaired) electrons. The first kappa shape index (κ1) is 19.3. The van der Waals surface area contributed by atoms with E-state index in [9.17, 15) is 17.6 Å². The third kappa shape index (κ3) is 4.28. The van der Waals surface area contributed by atoms with Crippen molar-refractivity contribution in [2.24, 2.45) is 0 Å². The van der Waals surface area contributed by atoms with Crippen molar-refractivity contribution in [1.82, 2.24) is 9.21 Å². The van der Waals surface area contributed by atoms with Crippen molar-refractivity contribution in [3.63, 3.8) is 0 Å². The Morgan fingerprint density at radius 3 is 2.37 bits per heavy atom. The van der Waals surface area contributed by atoms with Gasteiger partial charge in [-0.2, -0.15) is 4.31 Å². The summed E-state index contributed by atoms with van der Waals surface area (Å²) in [6.07, 6.45) is 0. The van der Waals surface area contributed by atoms with Gasteiger partial charge in [-0.1, -0.05) is 6.07 Å². The Labute approximate surface area is 158 Å². The van der Waals surface area contributed by atoms with Crippen LogP contribution in [0.15, 0.2) is 53.4 Å². The number of hydrogen-bond acceptors (Lipinski definition) is 4. The molecule has 0 unspecified atom stereocenters. The number of benzene rings is 2. The predicted molar refractivity (Wildman–Crippen MR) is 98.7 cm³/mol. The molecule has 1 heterocycles. The van der Waals surface area contributed by atoms with Gasteiger partial charge in [-0.3, -0.25) is 4.79 Å². The molecule has 3 rings (SSSR count). The van der Waals surface area contributed by atoms with Gasteiger partial charge >= 0.3 is 0 Å². The molecular weight excluding hydrogens is 371 g/mol. The second kappa shape index (κ2) is 8.06. The summed E-state index contributed by atoms with van der Waals surface area (Å²) in [5.74, 6) is -0.0186. The Morgan fingerprint density at radius 2 is 1.74 bits per heavy atom. The topological polar surface area (TPSA) is 66.9 Å². The van der Waals surface area contributed by atoms with E-state index >= 15 is 0 Å². The lowest BCUT2D eigenvalue weighted by Crippen LogP contribution is -2.50. The van der Waals surface area contributed by atoms with Crippen molar-refractivity contribution in [3.8, 4) is 5.75 Å². The van der Waals surface area contributed by atoms with Crippen LogP contribution in [0.3, 0.4) is 0 Å². The average Bonchev–Trinajstić information content (AvgIpc) is 2.68. The van der Waals surface area contributed by atoms with Crippen LogP contribution in [0.4, 0.5) is 4.39 Å². The van der Waals surface area contributed by atoms with Gasteiger partial charge in [-0.25, -0.2) is 12.8 Å². The Bertz CT molecular complexity index is 908. The lowest BCUT2D eigenvalue weighted by molar-refractivity contribution is 0.0697. The van der Waals surface area contributed by atoms with Crippen LogP contribution in [-0.4, -0.2) is 56.3 Å². The molecule has 0 bridgehead atoms. The van der Waals surface area contributed by atoms with E-state index in [0.717, 1.165) is 12.1 Å². The van der Waals surface area contributed by atoms with Gasteiger partial charge in [0.15, 0.2) is 0 Å². The zero-order valence-electron chi connectivity index (χ0n) is 15.0. The molecule has 1 aliphatic rings. The first-order chi connectivity index (χ1) is 12.9. The number of sulfonamides is 1. The Morgan fingerprint density at radius 1 is 1.07 bits per heavy atom. The fourth-order valence-electron chi connectivity index (χ4n) is 2.96. The standard InChI is InChI=1S/C19H21FN2O4S/c1-2-26-17-5-3-4-15(14-17)19(23)21-10-12-22(13-11-21)27(24,25)18-8-6-16(20)7-9-18/h3-9,14H,2,10-13H2,1H3. The summed E-state index contributed by atoms with van der Waals surface area (Å²) >= 11 is 0. The van der Waals surface area contributed by atoms with Gasteiger partial charge in [-0.15, -0.1) is 0 Å². The molecule has 8 heteroatoms. The largest absolute Gasteiger partial charge is 0.494 e. The maximum absolute atomic E-state index is 13.0. The van der Waals surface area contributed by atoms with E-state index in [2.05, 4.69) is 0 Å². The van der Waals surface area contributed by atoms with Gasteiger partial charge in [0, 0.05) is 31.7 Å². The molecule has 0 spiro atoms. The van der Waals surface area contributed by atoms with Crippen LogP contribution < -0.4 is 4.74 Å². The van der Waals surface area contributed by atoms with Crippen molar-refractivity contribution < 1.29 is 22.3 Å². The molecule has 27 heavy (non-hydrogen) atoms. The Balaban J connectivity index is 1.67. The van der Waals surface area contributed by atoms with Gasteiger partial charge in [0.1, 0.15) is 11.6 Å². The maximum atomic E-state index is 13.0. The van der Waals surface area contributed by atoms with Crippen molar-refractivity contribution in [3.05, 3.63) is 59.9 Å². The number of nitrogens with zero attached hydrogens (tertiary/aromatic N) is 2. The van der Waals surface area contributed by atoms with E-state index < -0.39 is 15.8 Å². The number of halogens is 1. The van der Waals surface area contributed by atoms with E-state index in [0.29, 0.717) is 17.9 Å². The summed E-state index contributed by atoms with van der Waals surface area (Å²) in [7, 11) is -3.70. The number of rotatable bonds is 5. The lowest BCUT2D eigenvalue weighted by atomic mass is 10.1. The zero-order valence-corrected chi connectivity index (χ0v) is 15.8. The molecule has 2 aromatic rings. The molecule has 1 fully saturated rings. The summed E-state index contributed by atoms with van der Waals surface area (Å²) < 4.78 is 45.1. The molecular formula is C19H21FN2O4S. The normalized spacial score (nSPS) is 15.6. The summed E-state index contributed by atoms with van der Waals surface area (Å²) in [6.45, 7) is 3.34. The summed E-state index contributed by atoms with van der Waals surface area (Å²) in [6, 6.07) is 11.7. The molecule has 0 aromatic heterocycles. The van der Waals surface area contributed by atoms with Gasteiger partial charge in [0.25, 0.3) is 5.91 Å². The minimum Gasteiger partial charge on any atom is -0.494 e.